The molecule has 3 heteroatoms. The van der Waals surface area contributed by atoms with Gasteiger partial charge in [-0.15, -0.1) is 0 Å². The number of rotatable bonds is 2. The van der Waals surface area contributed by atoms with E-state index in [0.717, 1.165) is 2.32 Å². The Morgan fingerprint density at radius 3 is 1.95 bits per heavy atom. The van der Waals surface area contributed by atoms with Gasteiger partial charge in [0.2, 0.25) is 0 Å². The van der Waals surface area contributed by atoms with Crippen molar-refractivity contribution in [2.75, 3.05) is 0 Å². The molecule has 100 valence electrons. The summed E-state index contributed by atoms with van der Waals surface area (Å²) in [5, 5.41) is 0. The molecular formula is C16H22As2N+. The monoisotopic (exact) mass is 378 g/mol. The number of benzene rings is 2. The minimum atomic E-state index is 0.911. The molecule has 0 fully saturated rings. The van der Waals surface area contributed by atoms with Crippen molar-refractivity contribution in [1.29, 1.82) is 0 Å². The third-order valence-electron chi connectivity index (χ3n) is 4.04. The molecule has 1 nitrogen and oxygen atoms in total. The maximum absolute atomic E-state index is 2.37. The molecule has 0 aliphatic carbocycles. The van der Waals surface area contributed by atoms with E-state index >= 15 is 0 Å². The SMILES string of the molecule is Cc1cc([N+]([AsH2])([AsH2])c2ccccc2)c(C)c(C)c1C. The Labute approximate surface area is 134 Å². The molecule has 0 aliphatic heterocycles. The molecule has 0 bridgehead atoms. The van der Waals surface area contributed by atoms with E-state index in [0.29, 0.717) is 0 Å². The predicted octanol–water partition coefficient (Wildman–Crippen LogP) is 2.66. The first-order chi connectivity index (χ1) is 8.85. The fourth-order valence-corrected chi connectivity index (χ4v) is 4.24. The standard InChI is InChI=1S/C16H22As2N/c1-11-10-16(14(4)13(3)12(11)2)19(17,18)15-8-6-5-7-9-15/h5-10H,17-18H2,1-4H3/q+1. The molecule has 0 saturated heterocycles. The van der Waals surface area contributed by atoms with Crippen LogP contribution in [0.15, 0.2) is 36.4 Å². The summed E-state index contributed by atoms with van der Waals surface area (Å²) in [6, 6.07) is 13.2. The second kappa shape index (κ2) is 5.48. The van der Waals surface area contributed by atoms with Crippen LogP contribution in [0.3, 0.4) is 0 Å². The van der Waals surface area contributed by atoms with Gasteiger partial charge in [-0.25, -0.2) is 0 Å². The summed E-state index contributed by atoms with van der Waals surface area (Å²) in [6.07, 6.45) is 0. The molecule has 19 heavy (non-hydrogen) atoms. The van der Waals surface area contributed by atoms with Gasteiger partial charge in [0.25, 0.3) is 0 Å². The Balaban J connectivity index is 2.65. The summed E-state index contributed by atoms with van der Waals surface area (Å²) < 4.78 is 0.911. The molecule has 2 unspecified atom stereocenters. The fourth-order valence-electron chi connectivity index (χ4n) is 2.39. The normalized spacial score (nSPS) is 11.7. The van der Waals surface area contributed by atoms with Crippen LogP contribution >= 0.6 is 0 Å². The van der Waals surface area contributed by atoms with Crippen molar-refractivity contribution in [1.82, 2.24) is 2.32 Å². The van der Waals surface area contributed by atoms with E-state index in [-0.39, 0.29) is 0 Å². The van der Waals surface area contributed by atoms with Crippen molar-refractivity contribution in [3.63, 3.8) is 0 Å². The van der Waals surface area contributed by atoms with E-state index in [2.05, 4.69) is 64.1 Å². The van der Waals surface area contributed by atoms with Crippen LogP contribution in [-0.4, -0.2) is 34.2 Å². The van der Waals surface area contributed by atoms with Crippen molar-refractivity contribution in [3.05, 3.63) is 58.7 Å². The van der Waals surface area contributed by atoms with Crippen LogP contribution in [0.2, 0.25) is 0 Å². The minimum absolute atomic E-state index is 0.911. The van der Waals surface area contributed by atoms with Gasteiger partial charge in [-0.3, -0.25) is 0 Å². The molecule has 0 spiro atoms. The van der Waals surface area contributed by atoms with E-state index in [9.17, 15) is 0 Å². The van der Waals surface area contributed by atoms with Gasteiger partial charge in [-0.05, 0) is 0 Å². The number of nitrogens with zero attached hydrogens (tertiary/aromatic N) is 1. The summed E-state index contributed by atoms with van der Waals surface area (Å²) in [7, 11) is 0. The van der Waals surface area contributed by atoms with Crippen LogP contribution in [0, 0.1) is 27.7 Å². The third-order valence-corrected chi connectivity index (χ3v) is 6.45. The quantitative estimate of drug-likeness (QED) is 0.705. The molecular weight excluding hydrogens is 356 g/mol. The second-order valence-corrected chi connectivity index (χ2v) is 11.2. The first kappa shape index (κ1) is 14.9. The van der Waals surface area contributed by atoms with E-state index < -0.39 is 0 Å². The van der Waals surface area contributed by atoms with Crippen molar-refractivity contribution in [2.45, 2.75) is 27.7 Å². The Hall–Kier alpha value is -0.483. The second-order valence-electron chi connectivity index (χ2n) is 5.20. The van der Waals surface area contributed by atoms with Crippen LogP contribution in [0.25, 0.3) is 0 Å². The third kappa shape index (κ3) is 2.70. The number of quaternary nitrogens is 1. The number of aryl methyl sites for hydroxylation is 1. The molecule has 0 N–H and O–H groups in total. The van der Waals surface area contributed by atoms with E-state index in [4.69, 9.17) is 0 Å². The summed E-state index contributed by atoms with van der Waals surface area (Å²) in [5.74, 6) is 0. The summed E-state index contributed by atoms with van der Waals surface area (Å²) in [6.45, 7) is 8.94. The molecule has 0 saturated carbocycles. The van der Waals surface area contributed by atoms with Gasteiger partial charge >= 0.3 is 134 Å². The van der Waals surface area contributed by atoms with Crippen LogP contribution in [0.1, 0.15) is 22.3 Å². The molecule has 0 amide bonds. The van der Waals surface area contributed by atoms with Crippen LogP contribution in [0.4, 0.5) is 11.4 Å². The van der Waals surface area contributed by atoms with Crippen molar-refractivity contribution in [3.8, 4) is 0 Å². The van der Waals surface area contributed by atoms with Gasteiger partial charge in [0.15, 0.2) is 0 Å². The molecule has 0 radical (unpaired) electrons. The zero-order valence-corrected chi connectivity index (χ0v) is 16.9. The van der Waals surface area contributed by atoms with Gasteiger partial charge < -0.3 is 0 Å². The first-order valence-corrected chi connectivity index (χ1v) is 8.62. The average molecular weight is 378 g/mol. The van der Waals surface area contributed by atoms with Crippen molar-refractivity contribution >= 4 is 45.5 Å². The van der Waals surface area contributed by atoms with Crippen LogP contribution in [-0.2, 0) is 0 Å². The Kier molecular flexibility index (Phi) is 4.31. The van der Waals surface area contributed by atoms with E-state index in [1.807, 2.05) is 0 Å². The van der Waals surface area contributed by atoms with Crippen molar-refractivity contribution < 1.29 is 0 Å². The summed E-state index contributed by atoms with van der Waals surface area (Å²) >= 11 is 3.48. The molecule has 2 aromatic carbocycles. The number of para-hydroxylation sites is 1. The topological polar surface area (TPSA) is 0 Å². The van der Waals surface area contributed by atoms with Crippen molar-refractivity contribution in [2.24, 2.45) is 0 Å². The molecule has 2 atom stereocenters. The Morgan fingerprint density at radius 1 is 0.789 bits per heavy atom. The molecule has 0 aliphatic rings. The van der Waals surface area contributed by atoms with Crippen LogP contribution in [0.5, 0.6) is 0 Å². The fraction of sp³-hybridized carbons (Fsp3) is 0.250. The van der Waals surface area contributed by atoms with Gasteiger partial charge in [0.05, 0.1) is 0 Å². The van der Waals surface area contributed by atoms with Gasteiger partial charge in [0.1, 0.15) is 0 Å². The molecule has 2 aromatic rings. The molecule has 0 aromatic heterocycles. The predicted molar refractivity (Wildman–Crippen MR) is 90.4 cm³/mol. The summed E-state index contributed by atoms with van der Waals surface area (Å²) in [4.78, 5) is 0. The number of hydrogen-bond acceptors (Lipinski definition) is 0. The Bertz CT molecular complexity index is 604. The molecule has 0 heterocycles. The van der Waals surface area contributed by atoms with E-state index in [1.54, 1.807) is 34.2 Å². The van der Waals surface area contributed by atoms with E-state index in [1.165, 1.54) is 33.6 Å². The van der Waals surface area contributed by atoms with Gasteiger partial charge in [-0.1, -0.05) is 0 Å². The maximum atomic E-state index is 2.37. The first-order valence-electron chi connectivity index (χ1n) is 6.45. The average Bonchev–Trinajstić information content (AvgIpc) is 2.41. The number of hydrogen-bond donors (Lipinski definition) is 0. The zero-order valence-electron chi connectivity index (χ0n) is 12.1. The van der Waals surface area contributed by atoms with Gasteiger partial charge in [-0.2, -0.15) is 0 Å². The zero-order chi connectivity index (χ0) is 14.2. The van der Waals surface area contributed by atoms with Gasteiger partial charge in [0, 0.05) is 0 Å². The molecule has 2 rings (SSSR count). The Morgan fingerprint density at radius 2 is 1.37 bits per heavy atom. The van der Waals surface area contributed by atoms with Crippen LogP contribution < -0.4 is 2.32 Å². The summed E-state index contributed by atoms with van der Waals surface area (Å²) in [5.41, 5.74) is 8.49.